The Morgan fingerprint density at radius 2 is 1.95 bits per heavy atom. The van der Waals surface area contributed by atoms with Crippen LogP contribution < -0.4 is 10.6 Å². The minimum atomic E-state index is -0.0663. The molecule has 3 nitrogen and oxygen atoms in total. The first kappa shape index (κ1) is 13.7. The molecular formula is C18H20N2O. The lowest BCUT2D eigenvalue weighted by molar-refractivity contribution is 0.102. The summed E-state index contributed by atoms with van der Waals surface area (Å²) in [5, 5.41) is 6.50. The second kappa shape index (κ2) is 5.60. The van der Waals surface area contributed by atoms with Gasteiger partial charge in [-0.2, -0.15) is 0 Å². The molecule has 0 bridgehead atoms. The van der Waals surface area contributed by atoms with Crippen LogP contribution in [-0.4, -0.2) is 11.9 Å². The standard InChI is InChI=1S/C18H20N2O/c1-12-6-9-15(10-7-12)18(21)20-16-5-3-4-14-11-8-13(2)19-17(14)16/h3-7,9-10,13,19H,8,11H2,1-2H3,(H,20,21). The molecule has 0 saturated carbocycles. The van der Waals surface area contributed by atoms with Crippen molar-refractivity contribution in [2.75, 3.05) is 10.6 Å². The fraction of sp³-hybridized carbons (Fsp3) is 0.278. The zero-order chi connectivity index (χ0) is 14.8. The van der Waals surface area contributed by atoms with E-state index in [9.17, 15) is 4.79 Å². The maximum absolute atomic E-state index is 12.4. The quantitative estimate of drug-likeness (QED) is 0.873. The van der Waals surface area contributed by atoms with Crippen LogP contribution in [0.2, 0.25) is 0 Å². The second-order valence-electron chi connectivity index (χ2n) is 5.74. The van der Waals surface area contributed by atoms with Gasteiger partial charge in [0.1, 0.15) is 0 Å². The molecule has 0 radical (unpaired) electrons. The first-order chi connectivity index (χ1) is 10.1. The van der Waals surface area contributed by atoms with E-state index < -0.39 is 0 Å². The van der Waals surface area contributed by atoms with Gasteiger partial charge in [-0.3, -0.25) is 4.79 Å². The molecule has 1 aliphatic heterocycles. The van der Waals surface area contributed by atoms with E-state index in [1.807, 2.05) is 43.3 Å². The average molecular weight is 280 g/mol. The Kier molecular flexibility index (Phi) is 3.65. The highest BCUT2D eigenvalue weighted by molar-refractivity contribution is 6.06. The third-order valence-corrected chi connectivity index (χ3v) is 3.95. The number of fused-ring (bicyclic) bond motifs is 1. The van der Waals surface area contributed by atoms with Crippen LogP contribution in [0.1, 0.15) is 34.8 Å². The fourth-order valence-electron chi connectivity index (χ4n) is 2.67. The first-order valence-corrected chi connectivity index (χ1v) is 7.40. The predicted molar refractivity (Wildman–Crippen MR) is 87.0 cm³/mol. The summed E-state index contributed by atoms with van der Waals surface area (Å²) < 4.78 is 0. The van der Waals surface area contributed by atoms with Crippen LogP contribution in [0.25, 0.3) is 0 Å². The summed E-state index contributed by atoms with van der Waals surface area (Å²) in [4.78, 5) is 12.4. The van der Waals surface area contributed by atoms with Crippen molar-refractivity contribution in [2.24, 2.45) is 0 Å². The number of carbonyl (C=O) groups excluding carboxylic acids is 1. The molecule has 0 aliphatic carbocycles. The Morgan fingerprint density at radius 1 is 1.19 bits per heavy atom. The van der Waals surface area contributed by atoms with Crippen molar-refractivity contribution >= 4 is 17.3 Å². The Balaban J connectivity index is 1.85. The first-order valence-electron chi connectivity index (χ1n) is 7.40. The summed E-state index contributed by atoms with van der Waals surface area (Å²) in [7, 11) is 0. The van der Waals surface area contributed by atoms with Crippen LogP contribution in [0.3, 0.4) is 0 Å². The molecule has 1 amide bonds. The van der Waals surface area contributed by atoms with E-state index in [0.29, 0.717) is 11.6 Å². The molecule has 3 rings (SSSR count). The minimum absolute atomic E-state index is 0.0663. The van der Waals surface area contributed by atoms with E-state index in [4.69, 9.17) is 0 Å². The summed E-state index contributed by atoms with van der Waals surface area (Å²) in [6.45, 7) is 4.18. The molecule has 0 fully saturated rings. The van der Waals surface area contributed by atoms with Crippen molar-refractivity contribution in [3.63, 3.8) is 0 Å². The molecule has 2 aromatic rings. The summed E-state index contributed by atoms with van der Waals surface area (Å²) in [5.74, 6) is -0.0663. The van der Waals surface area contributed by atoms with Gasteiger partial charge in [-0.1, -0.05) is 29.8 Å². The third kappa shape index (κ3) is 2.92. The van der Waals surface area contributed by atoms with Crippen LogP contribution in [0, 0.1) is 6.92 Å². The van der Waals surface area contributed by atoms with E-state index in [1.54, 1.807) is 0 Å². The number of para-hydroxylation sites is 1. The number of aryl methyl sites for hydroxylation is 2. The Bertz CT molecular complexity index is 661. The molecule has 108 valence electrons. The van der Waals surface area contributed by atoms with Gasteiger partial charge >= 0.3 is 0 Å². The van der Waals surface area contributed by atoms with Crippen molar-refractivity contribution in [1.29, 1.82) is 0 Å². The van der Waals surface area contributed by atoms with E-state index in [2.05, 4.69) is 23.6 Å². The lowest BCUT2D eigenvalue weighted by Crippen LogP contribution is -2.24. The zero-order valence-corrected chi connectivity index (χ0v) is 12.4. The molecule has 0 spiro atoms. The molecule has 1 unspecified atom stereocenters. The molecule has 1 heterocycles. The van der Waals surface area contributed by atoms with E-state index in [1.165, 1.54) is 5.56 Å². The van der Waals surface area contributed by atoms with Gasteiger partial charge in [0.2, 0.25) is 0 Å². The highest BCUT2D eigenvalue weighted by Crippen LogP contribution is 2.32. The molecule has 0 saturated heterocycles. The summed E-state index contributed by atoms with van der Waals surface area (Å²) in [6.07, 6.45) is 2.18. The molecule has 2 aromatic carbocycles. The molecular weight excluding hydrogens is 260 g/mol. The van der Waals surface area contributed by atoms with Gasteiger partial charge in [0.15, 0.2) is 0 Å². The number of nitrogens with one attached hydrogen (secondary N) is 2. The Labute approximate surface area is 125 Å². The number of amides is 1. The SMILES string of the molecule is Cc1ccc(C(=O)Nc2cccc3c2NC(C)CC3)cc1. The van der Waals surface area contributed by atoms with Gasteiger partial charge in [0, 0.05) is 11.6 Å². The fourth-order valence-corrected chi connectivity index (χ4v) is 2.67. The van der Waals surface area contributed by atoms with E-state index in [-0.39, 0.29) is 5.91 Å². The summed E-state index contributed by atoms with van der Waals surface area (Å²) in [5.41, 5.74) is 5.04. The molecule has 3 heteroatoms. The minimum Gasteiger partial charge on any atom is -0.381 e. The highest BCUT2D eigenvalue weighted by atomic mass is 16.1. The lowest BCUT2D eigenvalue weighted by atomic mass is 9.98. The largest absolute Gasteiger partial charge is 0.381 e. The molecule has 1 aliphatic rings. The average Bonchev–Trinajstić information content (AvgIpc) is 2.48. The van der Waals surface area contributed by atoms with Crippen LogP contribution in [0.4, 0.5) is 11.4 Å². The van der Waals surface area contributed by atoms with Crippen molar-refractivity contribution in [3.05, 3.63) is 59.2 Å². The van der Waals surface area contributed by atoms with Crippen LogP contribution >= 0.6 is 0 Å². The van der Waals surface area contributed by atoms with E-state index >= 15 is 0 Å². The number of hydrogen-bond donors (Lipinski definition) is 2. The summed E-state index contributed by atoms with van der Waals surface area (Å²) in [6, 6.07) is 14.1. The number of anilines is 2. The molecule has 21 heavy (non-hydrogen) atoms. The topological polar surface area (TPSA) is 41.1 Å². The molecule has 0 aromatic heterocycles. The van der Waals surface area contributed by atoms with Crippen molar-refractivity contribution in [1.82, 2.24) is 0 Å². The normalized spacial score (nSPS) is 16.8. The number of rotatable bonds is 2. The maximum Gasteiger partial charge on any atom is 0.255 e. The lowest BCUT2D eigenvalue weighted by Gasteiger charge is -2.26. The summed E-state index contributed by atoms with van der Waals surface area (Å²) >= 11 is 0. The smallest absolute Gasteiger partial charge is 0.255 e. The van der Waals surface area contributed by atoms with Crippen LogP contribution in [-0.2, 0) is 6.42 Å². The Hall–Kier alpha value is -2.29. The van der Waals surface area contributed by atoms with Gasteiger partial charge < -0.3 is 10.6 Å². The predicted octanol–water partition coefficient (Wildman–Crippen LogP) is 3.99. The van der Waals surface area contributed by atoms with Crippen LogP contribution in [0.5, 0.6) is 0 Å². The number of hydrogen-bond acceptors (Lipinski definition) is 2. The second-order valence-corrected chi connectivity index (χ2v) is 5.74. The molecule has 1 atom stereocenters. The van der Waals surface area contributed by atoms with Gasteiger partial charge in [0.05, 0.1) is 11.4 Å². The third-order valence-electron chi connectivity index (χ3n) is 3.95. The number of benzene rings is 2. The van der Waals surface area contributed by atoms with Gasteiger partial charge in [-0.25, -0.2) is 0 Å². The van der Waals surface area contributed by atoms with Crippen molar-refractivity contribution < 1.29 is 4.79 Å². The molecule has 2 N–H and O–H groups in total. The Morgan fingerprint density at radius 3 is 2.71 bits per heavy atom. The highest BCUT2D eigenvalue weighted by Gasteiger charge is 2.18. The zero-order valence-electron chi connectivity index (χ0n) is 12.4. The van der Waals surface area contributed by atoms with Gasteiger partial charge in [0.25, 0.3) is 5.91 Å². The van der Waals surface area contributed by atoms with Crippen molar-refractivity contribution in [3.8, 4) is 0 Å². The van der Waals surface area contributed by atoms with Gasteiger partial charge in [-0.05, 0) is 50.5 Å². The monoisotopic (exact) mass is 280 g/mol. The maximum atomic E-state index is 12.4. The van der Waals surface area contributed by atoms with Crippen molar-refractivity contribution in [2.45, 2.75) is 32.7 Å². The van der Waals surface area contributed by atoms with E-state index in [0.717, 1.165) is 29.8 Å². The van der Waals surface area contributed by atoms with Crippen LogP contribution in [0.15, 0.2) is 42.5 Å². The number of carbonyl (C=O) groups is 1. The van der Waals surface area contributed by atoms with Gasteiger partial charge in [-0.15, -0.1) is 0 Å².